The van der Waals surface area contributed by atoms with E-state index in [1.807, 2.05) is 38.3 Å². The van der Waals surface area contributed by atoms with Crippen LogP contribution >= 0.6 is 22.7 Å². The van der Waals surface area contributed by atoms with E-state index in [2.05, 4.69) is 25.9 Å². The van der Waals surface area contributed by atoms with Crippen molar-refractivity contribution < 1.29 is 4.79 Å². The molecule has 2 aromatic heterocycles. The number of carbonyl (C=O) groups is 1. The van der Waals surface area contributed by atoms with Crippen molar-refractivity contribution in [2.24, 2.45) is 4.99 Å². The van der Waals surface area contributed by atoms with E-state index < -0.39 is 0 Å². The van der Waals surface area contributed by atoms with Crippen LogP contribution in [0.3, 0.4) is 0 Å². The van der Waals surface area contributed by atoms with Gasteiger partial charge in [-0.25, -0.2) is 9.98 Å². The number of hydrogen-bond donors (Lipinski definition) is 3. The molecule has 6 nitrogen and oxygen atoms in total. The average molecular weight is 380 g/mol. The first-order valence-corrected chi connectivity index (χ1v) is 10.1. The van der Waals surface area contributed by atoms with E-state index in [9.17, 15) is 4.79 Å². The van der Waals surface area contributed by atoms with Gasteiger partial charge in [-0.05, 0) is 38.6 Å². The molecule has 0 fully saturated rings. The summed E-state index contributed by atoms with van der Waals surface area (Å²) in [6.45, 7) is 8.89. The summed E-state index contributed by atoms with van der Waals surface area (Å²) in [4.78, 5) is 22.8. The maximum atomic E-state index is 11.8. The second-order valence-corrected chi connectivity index (χ2v) is 7.69. The Labute approximate surface area is 156 Å². The molecule has 0 radical (unpaired) electrons. The van der Waals surface area contributed by atoms with Crippen molar-refractivity contribution in [2.45, 2.75) is 33.7 Å². The Morgan fingerprint density at radius 2 is 2.04 bits per heavy atom. The number of aromatic nitrogens is 1. The van der Waals surface area contributed by atoms with Crippen molar-refractivity contribution in [1.82, 2.24) is 20.9 Å². The van der Waals surface area contributed by atoms with Gasteiger partial charge in [0.1, 0.15) is 0 Å². The maximum absolute atomic E-state index is 11.8. The minimum absolute atomic E-state index is 0.00776. The van der Waals surface area contributed by atoms with Crippen molar-refractivity contribution in [2.75, 3.05) is 19.6 Å². The summed E-state index contributed by atoms with van der Waals surface area (Å²) >= 11 is 3.14. The van der Waals surface area contributed by atoms with Crippen LogP contribution in [-0.4, -0.2) is 36.5 Å². The fourth-order valence-electron chi connectivity index (χ4n) is 2.20. The van der Waals surface area contributed by atoms with E-state index in [4.69, 9.17) is 0 Å². The van der Waals surface area contributed by atoms with Crippen LogP contribution in [-0.2, 0) is 6.54 Å². The number of nitrogens with one attached hydrogen (secondary N) is 3. The molecule has 2 aromatic rings. The van der Waals surface area contributed by atoms with Crippen LogP contribution in [0.15, 0.2) is 22.5 Å². The van der Waals surface area contributed by atoms with Gasteiger partial charge < -0.3 is 16.0 Å². The highest BCUT2D eigenvalue weighted by Gasteiger charge is 2.06. The van der Waals surface area contributed by atoms with E-state index >= 15 is 0 Å². The molecular weight excluding hydrogens is 354 g/mol. The Hall–Kier alpha value is -1.93. The van der Waals surface area contributed by atoms with Crippen LogP contribution in [0.1, 0.15) is 38.6 Å². The number of amides is 1. The zero-order valence-electron chi connectivity index (χ0n) is 14.9. The van der Waals surface area contributed by atoms with Crippen molar-refractivity contribution in [3.05, 3.63) is 38.0 Å². The lowest BCUT2D eigenvalue weighted by Gasteiger charge is -2.11. The van der Waals surface area contributed by atoms with E-state index in [0.717, 1.165) is 41.0 Å². The van der Waals surface area contributed by atoms with Crippen LogP contribution in [0.25, 0.3) is 0 Å². The highest BCUT2D eigenvalue weighted by molar-refractivity contribution is 7.12. The van der Waals surface area contributed by atoms with Gasteiger partial charge in [0.25, 0.3) is 5.91 Å². The predicted molar refractivity (Wildman–Crippen MR) is 106 cm³/mol. The molecule has 0 aromatic carbocycles. The molecule has 0 unspecified atom stereocenters. The lowest BCUT2D eigenvalue weighted by atomic mass is 10.4. The van der Waals surface area contributed by atoms with Crippen molar-refractivity contribution >= 4 is 34.5 Å². The summed E-state index contributed by atoms with van der Waals surface area (Å²) < 4.78 is 0. The Morgan fingerprint density at radius 1 is 1.24 bits per heavy atom. The standard InChI is InChI=1S/C17H25N5OS2/c1-4-18-17(21-11-15-12(2)22-13(3)25-15)20-9-6-8-19-16(23)14-7-5-10-24-14/h5,7,10H,4,6,8-9,11H2,1-3H3,(H,19,23)(H2,18,20,21). The summed E-state index contributed by atoms with van der Waals surface area (Å²) in [6.07, 6.45) is 0.834. The summed E-state index contributed by atoms with van der Waals surface area (Å²) in [5.74, 6) is 0.782. The van der Waals surface area contributed by atoms with E-state index in [0.29, 0.717) is 13.1 Å². The Balaban J connectivity index is 1.72. The molecule has 0 saturated heterocycles. The summed E-state index contributed by atoms with van der Waals surface area (Å²) in [5, 5.41) is 12.4. The van der Waals surface area contributed by atoms with Crippen LogP contribution in [0.4, 0.5) is 0 Å². The highest BCUT2D eigenvalue weighted by Crippen LogP contribution is 2.17. The average Bonchev–Trinajstić information content (AvgIpc) is 3.21. The summed E-state index contributed by atoms with van der Waals surface area (Å²) in [5.41, 5.74) is 1.05. The van der Waals surface area contributed by atoms with Crippen molar-refractivity contribution in [3.8, 4) is 0 Å². The zero-order valence-corrected chi connectivity index (χ0v) is 16.5. The van der Waals surface area contributed by atoms with Gasteiger partial charge in [-0.3, -0.25) is 4.79 Å². The molecule has 0 saturated carbocycles. The Kier molecular flexibility index (Phi) is 7.87. The monoisotopic (exact) mass is 379 g/mol. The second kappa shape index (κ2) is 10.1. The quantitative estimate of drug-likeness (QED) is 0.374. The summed E-state index contributed by atoms with van der Waals surface area (Å²) in [6, 6.07) is 3.71. The van der Waals surface area contributed by atoms with Gasteiger partial charge in [0.05, 0.1) is 22.1 Å². The van der Waals surface area contributed by atoms with E-state index in [-0.39, 0.29) is 5.91 Å². The number of carbonyl (C=O) groups excluding carboxylic acids is 1. The molecule has 0 atom stereocenters. The number of thiazole rings is 1. The molecule has 0 aliphatic heterocycles. The number of guanidine groups is 1. The lowest BCUT2D eigenvalue weighted by Crippen LogP contribution is -2.38. The topological polar surface area (TPSA) is 78.4 Å². The molecule has 0 aliphatic carbocycles. The van der Waals surface area contributed by atoms with Gasteiger partial charge in [-0.2, -0.15) is 0 Å². The molecule has 8 heteroatoms. The molecule has 3 N–H and O–H groups in total. The molecule has 0 aliphatic rings. The Morgan fingerprint density at radius 3 is 2.68 bits per heavy atom. The maximum Gasteiger partial charge on any atom is 0.261 e. The van der Waals surface area contributed by atoms with Gasteiger partial charge in [0, 0.05) is 24.5 Å². The number of nitrogens with zero attached hydrogens (tertiary/aromatic N) is 2. The number of hydrogen-bond acceptors (Lipinski definition) is 5. The zero-order chi connectivity index (χ0) is 18.1. The van der Waals surface area contributed by atoms with E-state index in [1.54, 1.807) is 11.3 Å². The molecule has 0 spiro atoms. The number of aryl methyl sites for hydroxylation is 2. The molecule has 0 bridgehead atoms. The SMILES string of the molecule is CCNC(=NCc1sc(C)nc1C)NCCCNC(=O)c1cccs1. The second-order valence-electron chi connectivity index (χ2n) is 5.45. The van der Waals surface area contributed by atoms with Crippen LogP contribution in [0.5, 0.6) is 0 Å². The molecule has 2 heterocycles. The van der Waals surface area contributed by atoms with Gasteiger partial charge in [0.15, 0.2) is 5.96 Å². The predicted octanol–water partition coefficient (Wildman–Crippen LogP) is 2.70. The minimum Gasteiger partial charge on any atom is -0.357 e. The van der Waals surface area contributed by atoms with Gasteiger partial charge >= 0.3 is 0 Å². The first-order valence-electron chi connectivity index (χ1n) is 8.37. The number of thiophene rings is 1. The molecule has 2 rings (SSSR count). The molecule has 25 heavy (non-hydrogen) atoms. The number of rotatable bonds is 8. The molecule has 1 amide bonds. The minimum atomic E-state index is -0.00776. The fraction of sp³-hybridized carbons (Fsp3) is 0.471. The lowest BCUT2D eigenvalue weighted by molar-refractivity contribution is 0.0957. The largest absolute Gasteiger partial charge is 0.357 e. The number of aliphatic imine (C=N–C) groups is 1. The fourth-order valence-corrected chi connectivity index (χ4v) is 3.71. The van der Waals surface area contributed by atoms with Crippen LogP contribution < -0.4 is 16.0 Å². The van der Waals surface area contributed by atoms with E-state index in [1.165, 1.54) is 16.2 Å². The third-order valence-corrected chi connectivity index (χ3v) is 5.33. The first kappa shape index (κ1) is 19.4. The smallest absolute Gasteiger partial charge is 0.261 e. The molecule has 136 valence electrons. The van der Waals surface area contributed by atoms with Crippen LogP contribution in [0.2, 0.25) is 0 Å². The highest BCUT2D eigenvalue weighted by atomic mass is 32.1. The van der Waals surface area contributed by atoms with Crippen molar-refractivity contribution in [1.29, 1.82) is 0 Å². The van der Waals surface area contributed by atoms with Gasteiger partial charge in [-0.15, -0.1) is 22.7 Å². The first-order chi connectivity index (χ1) is 12.1. The van der Waals surface area contributed by atoms with Gasteiger partial charge in [-0.1, -0.05) is 6.07 Å². The van der Waals surface area contributed by atoms with Crippen molar-refractivity contribution in [3.63, 3.8) is 0 Å². The Bertz CT molecular complexity index is 694. The normalized spacial score (nSPS) is 11.4. The third kappa shape index (κ3) is 6.47. The van der Waals surface area contributed by atoms with Crippen LogP contribution in [0, 0.1) is 13.8 Å². The van der Waals surface area contributed by atoms with Gasteiger partial charge in [0.2, 0.25) is 0 Å². The summed E-state index contributed by atoms with van der Waals surface area (Å²) in [7, 11) is 0. The third-order valence-electron chi connectivity index (χ3n) is 3.40. The molecular formula is C17H25N5OS2.